The molecule has 1 N–H and O–H groups in total. The molecule has 2 aromatic rings. The molecule has 3 rings (SSSR count). The number of pyridine rings is 1. The molecule has 1 saturated heterocycles. The molecule has 0 saturated carbocycles. The molecule has 1 aliphatic rings. The summed E-state index contributed by atoms with van der Waals surface area (Å²) >= 11 is 0. The van der Waals surface area contributed by atoms with Crippen molar-refractivity contribution in [3.8, 4) is 11.8 Å². The van der Waals surface area contributed by atoms with Crippen molar-refractivity contribution in [2.75, 3.05) is 31.1 Å². The minimum absolute atomic E-state index is 0.0219. The summed E-state index contributed by atoms with van der Waals surface area (Å²) in [6, 6.07) is 11.5. The first-order valence-corrected chi connectivity index (χ1v) is 9.56. The molecule has 0 unspecified atom stereocenters. The van der Waals surface area contributed by atoms with Gasteiger partial charge in [-0.2, -0.15) is 0 Å². The maximum absolute atomic E-state index is 12.9. The van der Waals surface area contributed by atoms with Crippen LogP contribution in [0.2, 0.25) is 0 Å². The first-order chi connectivity index (χ1) is 13.2. The number of carbonyl (C=O) groups is 1. The summed E-state index contributed by atoms with van der Waals surface area (Å²) in [4.78, 5) is 21.5. The second-order valence-corrected chi connectivity index (χ2v) is 7.78. The maximum atomic E-state index is 12.9. The van der Waals surface area contributed by atoms with Crippen LogP contribution in [0.3, 0.4) is 0 Å². The van der Waals surface area contributed by atoms with Crippen molar-refractivity contribution in [2.24, 2.45) is 0 Å². The summed E-state index contributed by atoms with van der Waals surface area (Å²) in [6.45, 7) is 10.2. The molecule has 146 valence electrons. The van der Waals surface area contributed by atoms with Crippen molar-refractivity contribution in [2.45, 2.75) is 33.3 Å². The lowest BCUT2D eigenvalue weighted by atomic mass is 10.1. The van der Waals surface area contributed by atoms with E-state index in [0.29, 0.717) is 18.7 Å². The number of aromatic nitrogens is 1. The maximum Gasteiger partial charge on any atom is 0.254 e. The average molecular weight is 377 g/mol. The highest BCUT2D eigenvalue weighted by molar-refractivity contribution is 5.94. The molecular weight excluding hydrogens is 350 g/mol. The zero-order valence-electron chi connectivity index (χ0n) is 17.0. The second kappa shape index (κ2) is 8.04. The van der Waals surface area contributed by atoms with E-state index in [1.165, 1.54) is 5.69 Å². The first-order valence-electron chi connectivity index (χ1n) is 9.56. The van der Waals surface area contributed by atoms with Crippen LogP contribution in [0.4, 0.5) is 5.69 Å². The number of aryl methyl sites for hydroxylation is 2. The first kappa shape index (κ1) is 19.9. The van der Waals surface area contributed by atoms with Gasteiger partial charge < -0.3 is 14.9 Å². The van der Waals surface area contributed by atoms with Crippen molar-refractivity contribution in [3.63, 3.8) is 0 Å². The molecule has 0 aliphatic carbocycles. The molecule has 1 aromatic carbocycles. The molecule has 1 aromatic heterocycles. The van der Waals surface area contributed by atoms with E-state index < -0.39 is 5.60 Å². The number of anilines is 1. The van der Waals surface area contributed by atoms with Gasteiger partial charge in [-0.25, -0.2) is 0 Å². The van der Waals surface area contributed by atoms with Gasteiger partial charge in [-0.05, 0) is 58.0 Å². The van der Waals surface area contributed by atoms with Gasteiger partial charge in [0.25, 0.3) is 5.91 Å². The lowest BCUT2D eigenvalue weighted by Gasteiger charge is -2.36. The van der Waals surface area contributed by atoms with Crippen LogP contribution >= 0.6 is 0 Å². The molecule has 0 bridgehead atoms. The predicted molar refractivity (Wildman–Crippen MR) is 111 cm³/mol. The summed E-state index contributed by atoms with van der Waals surface area (Å²) in [5.74, 6) is 5.74. The van der Waals surface area contributed by atoms with Gasteiger partial charge in [0.15, 0.2) is 0 Å². The fraction of sp³-hybridized carbons (Fsp3) is 0.391. The Morgan fingerprint density at radius 1 is 1.07 bits per heavy atom. The van der Waals surface area contributed by atoms with Gasteiger partial charge >= 0.3 is 0 Å². The van der Waals surface area contributed by atoms with Crippen LogP contribution in [-0.2, 0) is 0 Å². The molecule has 2 heterocycles. The quantitative estimate of drug-likeness (QED) is 0.818. The number of rotatable bonds is 2. The normalized spacial score (nSPS) is 14.5. The number of benzene rings is 1. The van der Waals surface area contributed by atoms with Gasteiger partial charge in [-0.3, -0.25) is 9.78 Å². The van der Waals surface area contributed by atoms with Crippen LogP contribution in [-0.4, -0.2) is 52.7 Å². The fourth-order valence-corrected chi connectivity index (χ4v) is 3.30. The lowest BCUT2D eigenvalue weighted by molar-refractivity contribution is 0.0746. The Hall–Kier alpha value is -2.84. The topological polar surface area (TPSA) is 56.7 Å². The van der Waals surface area contributed by atoms with E-state index in [9.17, 15) is 9.90 Å². The van der Waals surface area contributed by atoms with Crippen molar-refractivity contribution in [1.82, 2.24) is 9.88 Å². The van der Waals surface area contributed by atoms with Crippen LogP contribution in [0.5, 0.6) is 0 Å². The van der Waals surface area contributed by atoms with Crippen molar-refractivity contribution in [1.29, 1.82) is 0 Å². The highest BCUT2D eigenvalue weighted by Crippen LogP contribution is 2.19. The van der Waals surface area contributed by atoms with Crippen molar-refractivity contribution in [3.05, 3.63) is 58.9 Å². The third kappa shape index (κ3) is 5.11. The summed E-state index contributed by atoms with van der Waals surface area (Å²) in [7, 11) is 0. The Balaban J connectivity index is 1.67. The summed E-state index contributed by atoms with van der Waals surface area (Å²) in [6.07, 6.45) is 0. The third-order valence-electron chi connectivity index (χ3n) is 4.62. The summed E-state index contributed by atoms with van der Waals surface area (Å²) < 4.78 is 0. The Morgan fingerprint density at radius 3 is 2.32 bits per heavy atom. The molecule has 5 nitrogen and oxygen atoms in total. The fourth-order valence-electron chi connectivity index (χ4n) is 3.30. The van der Waals surface area contributed by atoms with E-state index in [4.69, 9.17) is 0 Å². The van der Waals surface area contributed by atoms with Crippen LogP contribution in [0.1, 0.15) is 41.2 Å². The molecule has 0 atom stereocenters. The van der Waals surface area contributed by atoms with Gasteiger partial charge in [0, 0.05) is 54.4 Å². The number of nitrogens with zero attached hydrogens (tertiary/aromatic N) is 3. The zero-order chi connectivity index (χ0) is 20.3. The van der Waals surface area contributed by atoms with Gasteiger partial charge in [-0.1, -0.05) is 17.9 Å². The standard InChI is InChI=1S/C23H27N3O2/c1-17-14-21(15-18(2)24-17)25-10-12-26(13-11-25)22(27)20-7-5-6-19(16-20)8-9-23(3,4)28/h5-7,14-16,28H,10-13H2,1-4H3. The highest BCUT2D eigenvalue weighted by atomic mass is 16.3. The molecule has 5 heteroatoms. The molecule has 1 amide bonds. The van der Waals surface area contributed by atoms with E-state index >= 15 is 0 Å². The highest BCUT2D eigenvalue weighted by Gasteiger charge is 2.22. The molecule has 0 radical (unpaired) electrons. The molecule has 28 heavy (non-hydrogen) atoms. The van der Waals surface area contributed by atoms with E-state index in [1.807, 2.05) is 36.9 Å². The smallest absolute Gasteiger partial charge is 0.254 e. The van der Waals surface area contributed by atoms with E-state index in [0.717, 1.165) is 30.0 Å². The Bertz CT molecular complexity index is 907. The number of aliphatic hydroxyl groups is 1. The van der Waals surface area contributed by atoms with Gasteiger partial charge in [0.2, 0.25) is 0 Å². The van der Waals surface area contributed by atoms with Gasteiger partial charge in [0.1, 0.15) is 5.60 Å². The predicted octanol–water partition coefficient (Wildman–Crippen LogP) is 2.78. The van der Waals surface area contributed by atoms with Crippen molar-refractivity contribution >= 4 is 11.6 Å². The molecular formula is C23H27N3O2. The van der Waals surface area contributed by atoms with Crippen LogP contribution in [0.15, 0.2) is 36.4 Å². The second-order valence-electron chi connectivity index (χ2n) is 7.78. The molecule has 0 spiro atoms. The minimum atomic E-state index is -1.06. The number of hydrogen-bond acceptors (Lipinski definition) is 4. The Kier molecular flexibility index (Phi) is 5.71. The summed E-state index contributed by atoms with van der Waals surface area (Å²) in [5, 5.41) is 9.76. The minimum Gasteiger partial charge on any atom is -0.378 e. The van der Waals surface area contributed by atoms with E-state index in [1.54, 1.807) is 19.9 Å². The number of hydrogen-bond donors (Lipinski definition) is 1. The SMILES string of the molecule is Cc1cc(N2CCN(C(=O)c3cccc(C#CC(C)(C)O)c3)CC2)cc(C)n1. The van der Waals surface area contributed by atoms with Gasteiger partial charge in [-0.15, -0.1) is 0 Å². The van der Waals surface area contributed by atoms with Crippen LogP contribution in [0, 0.1) is 25.7 Å². The third-order valence-corrected chi connectivity index (χ3v) is 4.62. The number of carbonyl (C=O) groups excluding carboxylic acids is 1. The van der Waals surface area contributed by atoms with Crippen LogP contribution in [0.25, 0.3) is 0 Å². The zero-order valence-corrected chi connectivity index (χ0v) is 17.0. The van der Waals surface area contributed by atoms with Crippen molar-refractivity contribution < 1.29 is 9.90 Å². The van der Waals surface area contributed by atoms with Gasteiger partial charge in [0.05, 0.1) is 0 Å². The number of piperazine rings is 1. The Labute approximate surface area is 167 Å². The van der Waals surface area contributed by atoms with E-state index in [-0.39, 0.29) is 5.91 Å². The van der Waals surface area contributed by atoms with E-state index in [2.05, 4.69) is 33.9 Å². The molecule has 1 aliphatic heterocycles. The largest absolute Gasteiger partial charge is 0.378 e. The average Bonchev–Trinajstić information content (AvgIpc) is 2.65. The molecule has 1 fully saturated rings. The monoisotopic (exact) mass is 377 g/mol. The lowest BCUT2D eigenvalue weighted by Crippen LogP contribution is -2.48. The number of amides is 1. The van der Waals surface area contributed by atoms with Crippen LogP contribution < -0.4 is 4.90 Å². The Morgan fingerprint density at radius 2 is 1.71 bits per heavy atom. The summed E-state index contributed by atoms with van der Waals surface area (Å²) in [5.41, 5.74) is 3.50.